The lowest BCUT2D eigenvalue weighted by Gasteiger charge is -2.38. The molecule has 1 aliphatic heterocycles. The van der Waals surface area contributed by atoms with Crippen LogP contribution in [0.4, 0.5) is 0 Å². The average Bonchev–Trinajstić information content (AvgIpc) is 2.51. The van der Waals surface area contributed by atoms with Crippen LogP contribution in [-0.2, 0) is 19.0 Å². The van der Waals surface area contributed by atoms with Gasteiger partial charge in [-0.2, -0.15) is 0 Å². The molecular formula is C12H20O5. The zero-order valence-electron chi connectivity index (χ0n) is 10.7. The van der Waals surface area contributed by atoms with E-state index in [4.69, 9.17) is 9.47 Å². The fraction of sp³-hybridized carbons (Fsp3) is 0.917. The highest BCUT2D eigenvalue weighted by molar-refractivity contribution is 5.79. The summed E-state index contributed by atoms with van der Waals surface area (Å²) >= 11 is 0. The van der Waals surface area contributed by atoms with E-state index in [-0.39, 0.29) is 24.5 Å². The lowest BCUT2D eigenvalue weighted by Crippen LogP contribution is -2.52. The summed E-state index contributed by atoms with van der Waals surface area (Å²) in [5.74, 6) is -1.18. The van der Waals surface area contributed by atoms with E-state index in [1.807, 2.05) is 20.8 Å². The molecule has 0 aromatic rings. The molecule has 1 N–H and O–H groups in total. The summed E-state index contributed by atoms with van der Waals surface area (Å²) in [6, 6.07) is 0. The van der Waals surface area contributed by atoms with E-state index in [2.05, 4.69) is 4.74 Å². The van der Waals surface area contributed by atoms with Crippen molar-refractivity contribution in [3.63, 3.8) is 0 Å². The Morgan fingerprint density at radius 3 is 2.59 bits per heavy atom. The Morgan fingerprint density at radius 2 is 2.00 bits per heavy atom. The maximum atomic E-state index is 11.6. The van der Waals surface area contributed by atoms with Gasteiger partial charge in [0.05, 0.1) is 19.3 Å². The second kappa shape index (κ2) is 3.93. The highest BCUT2D eigenvalue weighted by atomic mass is 16.8. The minimum absolute atomic E-state index is 0.0552. The summed E-state index contributed by atoms with van der Waals surface area (Å²) in [6.07, 6.45) is 0.269. The number of rotatable bonds is 1. The first kappa shape index (κ1) is 12.8. The Labute approximate surface area is 101 Å². The van der Waals surface area contributed by atoms with Crippen molar-refractivity contribution in [2.45, 2.75) is 57.2 Å². The highest BCUT2D eigenvalue weighted by Crippen LogP contribution is 2.43. The normalized spacial score (nSPS) is 44.2. The molecule has 4 atom stereocenters. The van der Waals surface area contributed by atoms with Crippen molar-refractivity contribution in [3.05, 3.63) is 0 Å². The van der Waals surface area contributed by atoms with Gasteiger partial charge in [-0.05, 0) is 26.2 Å². The predicted octanol–water partition coefficient (Wildman–Crippen LogP) is 0.840. The van der Waals surface area contributed by atoms with Crippen molar-refractivity contribution in [1.82, 2.24) is 0 Å². The van der Waals surface area contributed by atoms with Crippen molar-refractivity contribution in [1.29, 1.82) is 0 Å². The molecule has 1 saturated heterocycles. The van der Waals surface area contributed by atoms with Crippen LogP contribution in [0.25, 0.3) is 0 Å². The first-order valence-electron chi connectivity index (χ1n) is 5.94. The van der Waals surface area contributed by atoms with Crippen molar-refractivity contribution >= 4 is 5.97 Å². The van der Waals surface area contributed by atoms with E-state index in [0.717, 1.165) is 0 Å². The van der Waals surface area contributed by atoms with Crippen molar-refractivity contribution in [2.24, 2.45) is 5.92 Å². The molecule has 1 heterocycles. The van der Waals surface area contributed by atoms with Gasteiger partial charge >= 0.3 is 5.97 Å². The van der Waals surface area contributed by atoms with Crippen LogP contribution < -0.4 is 0 Å². The van der Waals surface area contributed by atoms with E-state index in [9.17, 15) is 9.90 Å². The number of esters is 1. The second-order valence-corrected chi connectivity index (χ2v) is 5.55. The molecule has 1 aliphatic carbocycles. The zero-order valence-corrected chi connectivity index (χ0v) is 10.7. The quantitative estimate of drug-likeness (QED) is 0.692. The minimum atomic E-state index is -1.45. The molecule has 5 heteroatoms. The van der Waals surface area contributed by atoms with E-state index < -0.39 is 17.4 Å². The molecule has 0 unspecified atom stereocenters. The SMILES string of the molecule is COC(=O)[C@@]1(O)C[C@@H](C)[C@@H]2OC(C)(C)O[C@@H]2C1. The van der Waals surface area contributed by atoms with Crippen LogP contribution in [0, 0.1) is 5.92 Å². The Kier molecular flexibility index (Phi) is 2.96. The molecule has 2 rings (SSSR count). The molecule has 1 saturated carbocycles. The first-order chi connectivity index (χ1) is 7.77. The van der Waals surface area contributed by atoms with Crippen LogP contribution in [0.2, 0.25) is 0 Å². The van der Waals surface area contributed by atoms with Gasteiger partial charge in [-0.25, -0.2) is 4.79 Å². The van der Waals surface area contributed by atoms with Gasteiger partial charge in [-0.1, -0.05) is 6.92 Å². The monoisotopic (exact) mass is 244 g/mol. The number of fused-ring (bicyclic) bond motifs is 1. The zero-order chi connectivity index (χ0) is 12.8. The minimum Gasteiger partial charge on any atom is -0.467 e. The van der Waals surface area contributed by atoms with E-state index >= 15 is 0 Å². The van der Waals surface area contributed by atoms with Gasteiger partial charge in [0, 0.05) is 6.42 Å². The van der Waals surface area contributed by atoms with Gasteiger partial charge in [0.2, 0.25) is 0 Å². The van der Waals surface area contributed by atoms with Crippen LogP contribution in [0.5, 0.6) is 0 Å². The van der Waals surface area contributed by atoms with E-state index in [0.29, 0.717) is 6.42 Å². The Balaban J connectivity index is 2.18. The summed E-state index contributed by atoms with van der Waals surface area (Å²) in [6.45, 7) is 5.64. The topological polar surface area (TPSA) is 65.0 Å². The summed E-state index contributed by atoms with van der Waals surface area (Å²) in [5, 5.41) is 10.3. The molecule has 0 aromatic carbocycles. The maximum absolute atomic E-state index is 11.6. The smallest absolute Gasteiger partial charge is 0.337 e. The summed E-state index contributed by atoms with van der Waals surface area (Å²) in [4.78, 5) is 11.6. The molecule has 0 amide bonds. The molecule has 2 fully saturated rings. The highest BCUT2D eigenvalue weighted by Gasteiger charge is 2.55. The van der Waals surface area contributed by atoms with Gasteiger partial charge in [0.15, 0.2) is 11.4 Å². The molecule has 17 heavy (non-hydrogen) atoms. The average molecular weight is 244 g/mol. The lowest BCUT2D eigenvalue weighted by molar-refractivity contribution is -0.174. The third-order valence-electron chi connectivity index (χ3n) is 3.55. The third-order valence-corrected chi connectivity index (χ3v) is 3.55. The van der Waals surface area contributed by atoms with Crippen LogP contribution in [0.15, 0.2) is 0 Å². The summed E-state index contributed by atoms with van der Waals surface area (Å²) in [5.41, 5.74) is -1.45. The maximum Gasteiger partial charge on any atom is 0.337 e. The van der Waals surface area contributed by atoms with Crippen molar-refractivity contribution < 1.29 is 24.1 Å². The number of hydrogen-bond acceptors (Lipinski definition) is 5. The number of hydrogen-bond donors (Lipinski definition) is 1. The molecule has 0 spiro atoms. The largest absolute Gasteiger partial charge is 0.467 e. The molecule has 0 bridgehead atoms. The predicted molar refractivity (Wildman–Crippen MR) is 59.2 cm³/mol. The summed E-state index contributed by atoms with van der Waals surface area (Å²) < 4.78 is 16.2. The summed E-state index contributed by atoms with van der Waals surface area (Å²) in [7, 11) is 1.28. The van der Waals surface area contributed by atoms with E-state index in [1.165, 1.54) is 7.11 Å². The van der Waals surface area contributed by atoms with Gasteiger partial charge in [-0.15, -0.1) is 0 Å². The standard InChI is InChI=1S/C12H20O5/c1-7-5-12(14,10(13)15-4)6-8-9(7)17-11(2,3)16-8/h7-9,14H,5-6H2,1-4H3/t7-,8-,9+,12-/m1/s1. The van der Waals surface area contributed by atoms with Crippen LogP contribution >= 0.6 is 0 Å². The lowest BCUT2D eigenvalue weighted by atomic mass is 9.75. The molecule has 2 aliphatic rings. The number of aliphatic hydroxyl groups is 1. The number of ether oxygens (including phenoxy) is 3. The Hall–Kier alpha value is -0.650. The Morgan fingerprint density at radius 1 is 1.35 bits per heavy atom. The van der Waals surface area contributed by atoms with Crippen LogP contribution in [-0.4, -0.2) is 41.8 Å². The molecular weight excluding hydrogens is 224 g/mol. The molecule has 5 nitrogen and oxygen atoms in total. The number of carbonyl (C=O) groups is 1. The van der Waals surface area contributed by atoms with Crippen LogP contribution in [0.3, 0.4) is 0 Å². The van der Waals surface area contributed by atoms with Crippen molar-refractivity contribution in [2.75, 3.05) is 7.11 Å². The Bertz CT molecular complexity index is 327. The first-order valence-corrected chi connectivity index (χ1v) is 5.94. The number of carbonyl (C=O) groups excluding carboxylic acids is 1. The molecule has 0 radical (unpaired) electrons. The van der Waals surface area contributed by atoms with Gasteiger partial charge in [-0.3, -0.25) is 0 Å². The third kappa shape index (κ3) is 2.19. The van der Waals surface area contributed by atoms with Gasteiger partial charge < -0.3 is 19.3 Å². The van der Waals surface area contributed by atoms with E-state index in [1.54, 1.807) is 0 Å². The van der Waals surface area contributed by atoms with Crippen LogP contribution in [0.1, 0.15) is 33.6 Å². The fourth-order valence-electron chi connectivity index (χ4n) is 2.93. The van der Waals surface area contributed by atoms with Crippen molar-refractivity contribution in [3.8, 4) is 0 Å². The number of methoxy groups -OCH3 is 1. The van der Waals surface area contributed by atoms with Gasteiger partial charge in [0.25, 0.3) is 0 Å². The fourth-order valence-corrected chi connectivity index (χ4v) is 2.93. The van der Waals surface area contributed by atoms with Gasteiger partial charge in [0.1, 0.15) is 0 Å². The molecule has 0 aromatic heterocycles. The molecule has 98 valence electrons. The second-order valence-electron chi connectivity index (χ2n) is 5.55.